The molecule has 2 heterocycles. The van der Waals surface area contributed by atoms with E-state index >= 15 is 0 Å². The van der Waals surface area contributed by atoms with E-state index in [4.69, 9.17) is 19.3 Å². The zero-order chi connectivity index (χ0) is 22.0. The summed E-state index contributed by atoms with van der Waals surface area (Å²) in [7, 11) is 0. The molecule has 0 aromatic carbocycles. The number of ether oxygens (including phenoxy) is 3. The summed E-state index contributed by atoms with van der Waals surface area (Å²) in [5, 5.41) is 15.1. The van der Waals surface area contributed by atoms with Crippen LogP contribution in [0.2, 0.25) is 0 Å². The van der Waals surface area contributed by atoms with Crippen LogP contribution in [-0.4, -0.2) is 72.8 Å². The molecule has 2 saturated heterocycles. The minimum Gasteiger partial charge on any atom is -0.481 e. The maximum atomic E-state index is 11.7. The summed E-state index contributed by atoms with van der Waals surface area (Å²) in [4.78, 5) is 33.5. The average molecular weight is 447 g/mol. The molecule has 2 fully saturated rings. The molecule has 0 aliphatic carbocycles. The molecular weight excluding hydrogens is 412 g/mol. The topological polar surface area (TPSA) is 123 Å². The largest absolute Gasteiger partial charge is 0.481 e. The summed E-state index contributed by atoms with van der Waals surface area (Å²) in [6, 6.07) is 0. The second kappa shape index (κ2) is 12.0. The van der Waals surface area contributed by atoms with Crippen LogP contribution >= 0.6 is 11.8 Å². The fraction of sp³-hybridized carbons (Fsp3) is 0.850. The van der Waals surface area contributed by atoms with Crippen LogP contribution in [0.4, 0.5) is 0 Å². The standard InChI is InChI=1S/C20H34N2O7S/c1-19(2)14-27-20(8-3-5-17(25)29-20)28-15(19)13-22-10-4-9-21-11-12-30-18(26)7-6-16(23)24/h15,21-22H,3-14H2,1-2H3,(H,23,24)/t15-,20?/m0/s1. The van der Waals surface area contributed by atoms with Crippen LogP contribution in [0.5, 0.6) is 0 Å². The van der Waals surface area contributed by atoms with E-state index in [0.29, 0.717) is 44.7 Å². The molecular formula is C20H34N2O7S. The fourth-order valence-corrected chi connectivity index (χ4v) is 3.96. The van der Waals surface area contributed by atoms with Crippen LogP contribution in [0.1, 0.15) is 52.4 Å². The summed E-state index contributed by atoms with van der Waals surface area (Å²) in [5.74, 6) is -1.81. The first-order chi connectivity index (χ1) is 14.2. The van der Waals surface area contributed by atoms with Crippen molar-refractivity contribution in [3.8, 4) is 0 Å². The van der Waals surface area contributed by atoms with Gasteiger partial charge >= 0.3 is 17.9 Å². The summed E-state index contributed by atoms with van der Waals surface area (Å²) >= 11 is 1.17. The molecule has 0 aromatic heterocycles. The van der Waals surface area contributed by atoms with Crippen LogP contribution in [0.25, 0.3) is 0 Å². The van der Waals surface area contributed by atoms with Crippen molar-refractivity contribution in [2.24, 2.45) is 5.41 Å². The number of thioether (sulfide) groups is 1. The lowest BCUT2D eigenvalue weighted by molar-refractivity contribution is -0.427. The molecule has 0 amide bonds. The van der Waals surface area contributed by atoms with E-state index in [2.05, 4.69) is 24.5 Å². The molecule has 9 nitrogen and oxygen atoms in total. The number of carboxylic acid groups (broad SMARTS) is 1. The maximum absolute atomic E-state index is 11.7. The normalized spacial score (nSPS) is 25.8. The zero-order valence-electron chi connectivity index (χ0n) is 17.9. The molecule has 0 aromatic rings. The Morgan fingerprint density at radius 1 is 1.20 bits per heavy atom. The summed E-state index contributed by atoms with van der Waals surface area (Å²) < 4.78 is 17.3. The summed E-state index contributed by atoms with van der Waals surface area (Å²) in [6.07, 6.45) is 2.43. The van der Waals surface area contributed by atoms with Gasteiger partial charge in [0, 0.05) is 43.5 Å². The van der Waals surface area contributed by atoms with Crippen molar-refractivity contribution in [1.82, 2.24) is 10.6 Å². The van der Waals surface area contributed by atoms with Crippen LogP contribution in [0.15, 0.2) is 0 Å². The number of aliphatic carboxylic acids is 1. The van der Waals surface area contributed by atoms with Gasteiger partial charge in [-0.05, 0) is 25.9 Å². The number of hydrogen-bond acceptors (Lipinski definition) is 9. The zero-order valence-corrected chi connectivity index (χ0v) is 18.7. The van der Waals surface area contributed by atoms with Gasteiger partial charge in [0.05, 0.1) is 19.1 Å². The smallest absolute Gasteiger partial charge is 0.329 e. The van der Waals surface area contributed by atoms with E-state index in [1.54, 1.807) is 0 Å². The lowest BCUT2D eigenvalue weighted by Gasteiger charge is -2.48. The number of esters is 1. The molecule has 2 rings (SSSR count). The Kier molecular flexibility index (Phi) is 10.0. The summed E-state index contributed by atoms with van der Waals surface area (Å²) in [5.41, 5.74) is -0.190. The highest BCUT2D eigenvalue weighted by molar-refractivity contribution is 8.13. The third-order valence-electron chi connectivity index (χ3n) is 5.11. The number of nitrogens with one attached hydrogen (secondary N) is 2. The Hall–Kier alpha value is -1.20. The SMILES string of the molecule is CC1(C)COC2(CCCC(=O)O2)O[C@H]1CNCCCNCCSC(=O)CCC(=O)O. The molecule has 2 atom stereocenters. The van der Waals surface area contributed by atoms with Crippen molar-refractivity contribution in [1.29, 1.82) is 0 Å². The van der Waals surface area contributed by atoms with Gasteiger partial charge in [0.1, 0.15) is 0 Å². The van der Waals surface area contributed by atoms with Gasteiger partial charge in [-0.15, -0.1) is 0 Å². The number of carboxylic acids is 1. The van der Waals surface area contributed by atoms with Crippen molar-refractivity contribution in [3.05, 3.63) is 0 Å². The lowest BCUT2D eigenvalue weighted by atomic mass is 9.86. The average Bonchev–Trinajstić information content (AvgIpc) is 2.68. The van der Waals surface area contributed by atoms with E-state index in [1.807, 2.05) is 0 Å². The van der Waals surface area contributed by atoms with E-state index in [0.717, 1.165) is 19.5 Å². The van der Waals surface area contributed by atoms with Crippen LogP contribution in [0, 0.1) is 5.41 Å². The Labute approximate surface area is 182 Å². The second-order valence-corrected chi connectivity index (χ2v) is 9.47. The van der Waals surface area contributed by atoms with Crippen molar-refractivity contribution in [2.75, 3.05) is 38.5 Å². The molecule has 172 valence electrons. The molecule has 3 N–H and O–H groups in total. The molecule has 1 spiro atoms. The minimum absolute atomic E-state index is 0.0784. The lowest BCUT2D eigenvalue weighted by Crippen LogP contribution is -2.58. The van der Waals surface area contributed by atoms with Crippen molar-refractivity contribution in [3.63, 3.8) is 0 Å². The first kappa shape index (κ1) is 25.1. The van der Waals surface area contributed by atoms with Gasteiger partial charge in [-0.3, -0.25) is 14.4 Å². The van der Waals surface area contributed by atoms with Gasteiger partial charge in [-0.2, -0.15) is 0 Å². The van der Waals surface area contributed by atoms with Crippen LogP contribution in [0.3, 0.4) is 0 Å². The number of rotatable bonds is 12. The van der Waals surface area contributed by atoms with E-state index in [1.165, 1.54) is 11.8 Å². The Bertz CT molecular complexity index is 602. The molecule has 2 aliphatic heterocycles. The fourth-order valence-electron chi connectivity index (χ4n) is 3.24. The molecule has 2 aliphatic rings. The van der Waals surface area contributed by atoms with Gasteiger partial charge in [-0.1, -0.05) is 25.6 Å². The highest BCUT2D eigenvalue weighted by Gasteiger charge is 2.50. The third kappa shape index (κ3) is 8.50. The van der Waals surface area contributed by atoms with E-state index in [9.17, 15) is 14.4 Å². The Balaban J connectivity index is 1.55. The third-order valence-corrected chi connectivity index (χ3v) is 6.05. The van der Waals surface area contributed by atoms with Gasteiger partial charge in [0.25, 0.3) is 0 Å². The Morgan fingerprint density at radius 2 is 1.97 bits per heavy atom. The molecule has 0 bridgehead atoms. The number of hydrogen-bond donors (Lipinski definition) is 3. The highest BCUT2D eigenvalue weighted by atomic mass is 32.2. The van der Waals surface area contributed by atoms with Gasteiger partial charge in [-0.25, -0.2) is 0 Å². The molecule has 1 unspecified atom stereocenters. The highest BCUT2D eigenvalue weighted by Crippen LogP contribution is 2.40. The van der Waals surface area contributed by atoms with Gasteiger partial charge in [0.2, 0.25) is 0 Å². The van der Waals surface area contributed by atoms with Crippen molar-refractivity contribution in [2.45, 2.75) is 64.4 Å². The van der Waals surface area contributed by atoms with E-state index in [-0.39, 0.29) is 35.4 Å². The molecule has 30 heavy (non-hydrogen) atoms. The molecule has 0 radical (unpaired) electrons. The molecule has 0 saturated carbocycles. The first-order valence-electron chi connectivity index (χ1n) is 10.5. The predicted octanol–water partition coefficient (Wildman–Crippen LogP) is 1.50. The monoisotopic (exact) mass is 446 g/mol. The van der Waals surface area contributed by atoms with Crippen LogP contribution < -0.4 is 10.6 Å². The van der Waals surface area contributed by atoms with Crippen molar-refractivity contribution < 1.29 is 33.7 Å². The second-order valence-electron chi connectivity index (χ2n) is 8.32. The van der Waals surface area contributed by atoms with Gasteiger partial charge < -0.3 is 30.0 Å². The summed E-state index contributed by atoms with van der Waals surface area (Å²) in [6.45, 7) is 7.59. The number of carbonyl (C=O) groups excluding carboxylic acids is 2. The number of carbonyl (C=O) groups is 3. The van der Waals surface area contributed by atoms with Crippen molar-refractivity contribution >= 4 is 28.8 Å². The Morgan fingerprint density at radius 3 is 2.70 bits per heavy atom. The molecule has 10 heteroatoms. The quantitative estimate of drug-likeness (QED) is 0.300. The first-order valence-corrected chi connectivity index (χ1v) is 11.5. The minimum atomic E-state index is -1.22. The van der Waals surface area contributed by atoms with Crippen LogP contribution in [-0.2, 0) is 28.6 Å². The predicted molar refractivity (Wildman–Crippen MR) is 112 cm³/mol. The van der Waals surface area contributed by atoms with E-state index < -0.39 is 11.9 Å². The van der Waals surface area contributed by atoms with Gasteiger partial charge in [0.15, 0.2) is 5.12 Å². The maximum Gasteiger partial charge on any atom is 0.329 e.